The van der Waals surface area contributed by atoms with Gasteiger partial charge in [-0.25, -0.2) is 0 Å². The van der Waals surface area contributed by atoms with E-state index in [0.29, 0.717) is 24.9 Å². The van der Waals surface area contributed by atoms with Gasteiger partial charge in [-0.3, -0.25) is 0 Å². The van der Waals surface area contributed by atoms with Crippen LogP contribution < -0.4 is 5.32 Å². The fourth-order valence-corrected chi connectivity index (χ4v) is 1.75. The summed E-state index contributed by atoms with van der Waals surface area (Å²) in [6.45, 7) is 3.18. The number of hydrogen-bond acceptors (Lipinski definition) is 6. The van der Waals surface area contributed by atoms with Crippen molar-refractivity contribution in [3.63, 3.8) is 0 Å². The molecule has 0 bridgehead atoms. The third-order valence-corrected chi connectivity index (χ3v) is 2.94. The molecule has 2 heterocycles. The van der Waals surface area contributed by atoms with Gasteiger partial charge < -0.3 is 19.3 Å². The van der Waals surface area contributed by atoms with Crippen molar-refractivity contribution in [2.24, 2.45) is 0 Å². The van der Waals surface area contributed by atoms with E-state index in [1.54, 1.807) is 7.11 Å². The Hall–Kier alpha value is -0.980. The SMILES string of the molecule is CNC1COCC1c1nc(C(C)OC)no1. The molecule has 1 fully saturated rings. The van der Waals surface area contributed by atoms with Gasteiger partial charge in [0.05, 0.1) is 19.1 Å². The minimum atomic E-state index is -0.146. The van der Waals surface area contributed by atoms with Crippen LogP contribution in [0.5, 0.6) is 0 Å². The van der Waals surface area contributed by atoms with E-state index in [1.807, 2.05) is 14.0 Å². The van der Waals surface area contributed by atoms with Crippen molar-refractivity contribution in [2.45, 2.75) is 25.0 Å². The first-order valence-corrected chi connectivity index (χ1v) is 5.37. The molecule has 3 unspecified atom stereocenters. The maximum atomic E-state index is 5.39. The molecule has 1 aliphatic heterocycles. The molecular weight excluding hydrogens is 210 g/mol. The zero-order valence-corrected chi connectivity index (χ0v) is 9.77. The van der Waals surface area contributed by atoms with Gasteiger partial charge in [-0.1, -0.05) is 5.16 Å². The Bertz CT molecular complexity index is 342. The Morgan fingerprint density at radius 1 is 1.50 bits per heavy atom. The number of aromatic nitrogens is 2. The quantitative estimate of drug-likeness (QED) is 0.806. The fraction of sp³-hybridized carbons (Fsp3) is 0.800. The number of nitrogens with zero attached hydrogens (tertiary/aromatic N) is 2. The Morgan fingerprint density at radius 3 is 3.00 bits per heavy atom. The van der Waals surface area contributed by atoms with Gasteiger partial charge in [-0.05, 0) is 14.0 Å². The number of hydrogen-bond donors (Lipinski definition) is 1. The van der Waals surface area contributed by atoms with Crippen LogP contribution in [0.2, 0.25) is 0 Å². The average Bonchev–Trinajstić information content (AvgIpc) is 2.95. The standard InChI is InChI=1S/C10H17N3O3/c1-6(14-3)9-12-10(16-13-9)7-4-15-5-8(7)11-2/h6-8,11H,4-5H2,1-3H3. The fourth-order valence-electron chi connectivity index (χ4n) is 1.75. The minimum Gasteiger partial charge on any atom is -0.379 e. The second kappa shape index (κ2) is 4.90. The highest BCUT2D eigenvalue weighted by atomic mass is 16.5. The van der Waals surface area contributed by atoms with Crippen LogP contribution in [0.15, 0.2) is 4.52 Å². The molecule has 0 aliphatic carbocycles. The van der Waals surface area contributed by atoms with E-state index < -0.39 is 0 Å². The van der Waals surface area contributed by atoms with Gasteiger partial charge in [0.2, 0.25) is 5.89 Å². The van der Waals surface area contributed by atoms with Crippen molar-refractivity contribution in [1.82, 2.24) is 15.5 Å². The van der Waals surface area contributed by atoms with Crippen LogP contribution >= 0.6 is 0 Å². The summed E-state index contributed by atoms with van der Waals surface area (Å²) >= 11 is 0. The summed E-state index contributed by atoms with van der Waals surface area (Å²) in [6.07, 6.45) is -0.146. The highest BCUT2D eigenvalue weighted by Gasteiger charge is 2.33. The smallest absolute Gasteiger partial charge is 0.233 e. The van der Waals surface area contributed by atoms with Gasteiger partial charge in [0.15, 0.2) is 5.82 Å². The Balaban J connectivity index is 2.12. The van der Waals surface area contributed by atoms with Crippen LogP contribution in [-0.4, -0.2) is 43.6 Å². The molecule has 1 saturated heterocycles. The van der Waals surface area contributed by atoms with Crippen LogP contribution in [0.4, 0.5) is 0 Å². The van der Waals surface area contributed by atoms with E-state index in [-0.39, 0.29) is 18.1 Å². The van der Waals surface area contributed by atoms with E-state index >= 15 is 0 Å². The third kappa shape index (κ3) is 2.09. The summed E-state index contributed by atoms with van der Waals surface area (Å²) in [6, 6.07) is 0.242. The van der Waals surface area contributed by atoms with Crippen molar-refractivity contribution in [3.05, 3.63) is 11.7 Å². The van der Waals surface area contributed by atoms with Crippen LogP contribution in [-0.2, 0) is 9.47 Å². The average molecular weight is 227 g/mol. The molecule has 3 atom stereocenters. The molecule has 0 aromatic carbocycles. The van der Waals surface area contributed by atoms with E-state index in [4.69, 9.17) is 14.0 Å². The molecule has 16 heavy (non-hydrogen) atoms. The molecule has 0 saturated carbocycles. The predicted molar refractivity (Wildman–Crippen MR) is 56.1 cm³/mol. The van der Waals surface area contributed by atoms with Gasteiger partial charge in [0.25, 0.3) is 0 Å². The maximum absolute atomic E-state index is 5.39. The van der Waals surface area contributed by atoms with Crippen LogP contribution in [0, 0.1) is 0 Å². The molecule has 0 spiro atoms. The lowest BCUT2D eigenvalue weighted by molar-refractivity contribution is 0.109. The Kier molecular flexibility index (Phi) is 3.52. The second-order valence-corrected chi connectivity index (χ2v) is 3.91. The topological polar surface area (TPSA) is 69.4 Å². The first-order chi connectivity index (χ1) is 7.76. The highest BCUT2D eigenvalue weighted by Crippen LogP contribution is 2.25. The Morgan fingerprint density at radius 2 is 2.31 bits per heavy atom. The van der Waals surface area contributed by atoms with Crippen LogP contribution in [0.3, 0.4) is 0 Å². The molecule has 1 aromatic heterocycles. The molecule has 0 radical (unpaired) electrons. The van der Waals surface area contributed by atoms with Gasteiger partial charge in [0, 0.05) is 13.2 Å². The minimum absolute atomic E-state index is 0.135. The second-order valence-electron chi connectivity index (χ2n) is 3.91. The number of ether oxygens (including phenoxy) is 2. The zero-order chi connectivity index (χ0) is 11.5. The lowest BCUT2D eigenvalue weighted by Crippen LogP contribution is -2.31. The number of rotatable bonds is 4. The molecular formula is C10H17N3O3. The van der Waals surface area contributed by atoms with Crippen LogP contribution in [0.1, 0.15) is 30.7 Å². The summed E-state index contributed by atoms with van der Waals surface area (Å²) < 4.78 is 15.8. The van der Waals surface area contributed by atoms with E-state index in [2.05, 4.69) is 15.5 Å². The van der Waals surface area contributed by atoms with Gasteiger partial charge in [-0.15, -0.1) is 0 Å². The van der Waals surface area contributed by atoms with Gasteiger partial charge in [0.1, 0.15) is 6.10 Å². The van der Waals surface area contributed by atoms with Gasteiger partial charge >= 0.3 is 0 Å². The Labute approximate surface area is 94.3 Å². The maximum Gasteiger partial charge on any atom is 0.233 e. The summed E-state index contributed by atoms with van der Waals surface area (Å²) in [4.78, 5) is 4.34. The monoisotopic (exact) mass is 227 g/mol. The first-order valence-electron chi connectivity index (χ1n) is 5.37. The van der Waals surface area contributed by atoms with Crippen molar-refractivity contribution in [3.8, 4) is 0 Å². The number of likely N-dealkylation sites (N-methyl/N-ethyl adjacent to an activating group) is 1. The third-order valence-electron chi connectivity index (χ3n) is 2.94. The molecule has 1 aromatic rings. The zero-order valence-electron chi connectivity index (χ0n) is 9.77. The first kappa shape index (κ1) is 11.5. The van der Waals surface area contributed by atoms with Crippen molar-refractivity contribution >= 4 is 0 Å². The summed E-state index contributed by atoms with van der Waals surface area (Å²) in [5.74, 6) is 1.34. The normalized spacial score (nSPS) is 27.2. The lowest BCUT2D eigenvalue weighted by Gasteiger charge is -2.11. The summed E-state index contributed by atoms with van der Waals surface area (Å²) in [7, 11) is 3.52. The largest absolute Gasteiger partial charge is 0.379 e. The van der Waals surface area contributed by atoms with E-state index in [9.17, 15) is 0 Å². The highest BCUT2D eigenvalue weighted by molar-refractivity contribution is 5.03. The molecule has 1 aliphatic rings. The van der Waals surface area contributed by atoms with Crippen molar-refractivity contribution in [1.29, 1.82) is 0 Å². The van der Waals surface area contributed by atoms with Crippen molar-refractivity contribution < 1.29 is 14.0 Å². The molecule has 0 amide bonds. The predicted octanol–water partition coefficient (Wildman–Crippen LogP) is 0.479. The lowest BCUT2D eigenvalue weighted by atomic mass is 10.0. The van der Waals surface area contributed by atoms with E-state index in [0.717, 1.165) is 0 Å². The van der Waals surface area contributed by atoms with Crippen molar-refractivity contribution in [2.75, 3.05) is 27.4 Å². The molecule has 1 N–H and O–H groups in total. The molecule has 90 valence electrons. The summed E-state index contributed by atoms with van der Waals surface area (Å²) in [5.41, 5.74) is 0. The van der Waals surface area contributed by atoms with Gasteiger partial charge in [-0.2, -0.15) is 4.98 Å². The van der Waals surface area contributed by atoms with E-state index in [1.165, 1.54) is 0 Å². The molecule has 6 heteroatoms. The number of methoxy groups -OCH3 is 1. The molecule has 6 nitrogen and oxygen atoms in total. The number of nitrogens with one attached hydrogen (secondary N) is 1. The summed E-state index contributed by atoms with van der Waals surface area (Å²) in [5, 5.41) is 7.09. The molecule has 2 rings (SSSR count). The van der Waals surface area contributed by atoms with Crippen LogP contribution in [0.25, 0.3) is 0 Å².